The van der Waals surface area contributed by atoms with Crippen molar-refractivity contribution in [3.8, 4) is 0 Å². The molecule has 1 saturated heterocycles. The number of ether oxygens (including phenoxy) is 2. The lowest BCUT2D eigenvalue weighted by Gasteiger charge is -2.49. The lowest BCUT2D eigenvalue weighted by molar-refractivity contribution is -0.153. The molecular formula is C17H31NO2. The number of hydrogen-bond donors (Lipinski definition) is 1. The first-order valence-corrected chi connectivity index (χ1v) is 8.77. The fourth-order valence-corrected chi connectivity index (χ4v) is 4.23. The zero-order chi connectivity index (χ0) is 14.0. The number of nitrogens with one attached hydrogen (secondary N) is 1. The molecule has 0 aromatic carbocycles. The zero-order valence-corrected chi connectivity index (χ0v) is 13.2. The molecule has 3 atom stereocenters. The van der Waals surface area contributed by atoms with Crippen LogP contribution in [-0.2, 0) is 9.47 Å². The van der Waals surface area contributed by atoms with Crippen molar-refractivity contribution in [3.63, 3.8) is 0 Å². The lowest BCUT2D eigenvalue weighted by atomic mass is 9.69. The average Bonchev–Trinajstić information content (AvgIpc) is 3.26. The van der Waals surface area contributed by atoms with Crippen LogP contribution in [0.1, 0.15) is 58.8 Å². The van der Waals surface area contributed by atoms with Gasteiger partial charge in [-0.15, -0.1) is 0 Å². The molecule has 1 spiro atoms. The molecule has 1 aliphatic heterocycles. The van der Waals surface area contributed by atoms with Crippen LogP contribution >= 0.6 is 0 Å². The minimum Gasteiger partial charge on any atom is -0.377 e. The van der Waals surface area contributed by atoms with E-state index in [1.807, 2.05) is 0 Å². The highest BCUT2D eigenvalue weighted by Gasteiger charge is 2.47. The third kappa shape index (κ3) is 3.05. The van der Waals surface area contributed by atoms with E-state index in [1.54, 1.807) is 0 Å². The maximum absolute atomic E-state index is 6.15. The van der Waals surface area contributed by atoms with E-state index in [-0.39, 0.29) is 5.60 Å². The summed E-state index contributed by atoms with van der Waals surface area (Å²) < 4.78 is 12.3. The summed E-state index contributed by atoms with van der Waals surface area (Å²) >= 11 is 0. The predicted octanol–water partition coefficient (Wildman–Crippen LogP) is 3.13. The minimum absolute atomic E-state index is 0.247. The van der Waals surface area contributed by atoms with Gasteiger partial charge in [0.1, 0.15) is 0 Å². The highest BCUT2D eigenvalue weighted by Crippen LogP contribution is 2.47. The van der Waals surface area contributed by atoms with Crippen LogP contribution in [0.3, 0.4) is 0 Å². The smallest absolute Gasteiger partial charge is 0.0758 e. The van der Waals surface area contributed by atoms with Gasteiger partial charge in [-0.1, -0.05) is 6.92 Å². The summed E-state index contributed by atoms with van der Waals surface area (Å²) in [5, 5.41) is 3.76. The van der Waals surface area contributed by atoms with Crippen LogP contribution in [0.15, 0.2) is 0 Å². The summed E-state index contributed by atoms with van der Waals surface area (Å²) in [7, 11) is 0. The molecule has 1 N–H and O–H groups in total. The Morgan fingerprint density at radius 1 is 1.20 bits per heavy atom. The first-order chi connectivity index (χ1) is 9.78. The topological polar surface area (TPSA) is 30.5 Å². The Morgan fingerprint density at radius 3 is 2.55 bits per heavy atom. The summed E-state index contributed by atoms with van der Waals surface area (Å²) in [5.74, 6) is 1.54. The first kappa shape index (κ1) is 14.8. The van der Waals surface area contributed by atoms with Gasteiger partial charge in [-0.3, -0.25) is 0 Å². The van der Waals surface area contributed by atoms with Crippen LogP contribution in [0.5, 0.6) is 0 Å². The Balaban J connectivity index is 1.67. The molecule has 1 heterocycles. The normalized spacial score (nSPS) is 31.8. The monoisotopic (exact) mass is 281 g/mol. The van der Waals surface area contributed by atoms with E-state index in [2.05, 4.69) is 19.2 Å². The van der Waals surface area contributed by atoms with E-state index in [9.17, 15) is 0 Å². The molecule has 3 rings (SSSR count). The van der Waals surface area contributed by atoms with Crippen LogP contribution in [0.4, 0.5) is 0 Å². The first-order valence-electron chi connectivity index (χ1n) is 8.77. The van der Waals surface area contributed by atoms with Crippen LogP contribution in [0, 0.1) is 11.8 Å². The molecule has 2 aliphatic carbocycles. The van der Waals surface area contributed by atoms with Crippen molar-refractivity contribution >= 4 is 0 Å². The highest BCUT2D eigenvalue weighted by atomic mass is 16.5. The number of hydrogen-bond acceptors (Lipinski definition) is 3. The minimum atomic E-state index is 0.247. The molecule has 0 bridgehead atoms. The Morgan fingerprint density at radius 2 is 2.00 bits per heavy atom. The Kier molecular flexibility index (Phi) is 4.68. The second kappa shape index (κ2) is 6.33. The van der Waals surface area contributed by atoms with E-state index in [4.69, 9.17) is 9.47 Å². The fraction of sp³-hybridized carbons (Fsp3) is 1.00. The van der Waals surface area contributed by atoms with Gasteiger partial charge >= 0.3 is 0 Å². The van der Waals surface area contributed by atoms with Crippen molar-refractivity contribution in [2.75, 3.05) is 19.8 Å². The van der Waals surface area contributed by atoms with Crippen molar-refractivity contribution in [3.05, 3.63) is 0 Å². The molecule has 3 unspecified atom stereocenters. The Hall–Kier alpha value is -0.120. The molecule has 0 aromatic heterocycles. The lowest BCUT2D eigenvalue weighted by Crippen LogP contribution is -2.54. The molecule has 3 heteroatoms. The molecule has 20 heavy (non-hydrogen) atoms. The van der Waals surface area contributed by atoms with Gasteiger partial charge in [0.05, 0.1) is 11.7 Å². The zero-order valence-electron chi connectivity index (χ0n) is 13.2. The third-order valence-corrected chi connectivity index (χ3v) is 5.54. The molecule has 116 valence electrons. The van der Waals surface area contributed by atoms with E-state index in [1.165, 1.54) is 44.9 Å². The maximum Gasteiger partial charge on any atom is 0.0758 e. The highest BCUT2D eigenvalue weighted by molar-refractivity contribution is 5.00. The molecule has 3 fully saturated rings. The molecule has 3 nitrogen and oxygen atoms in total. The largest absolute Gasteiger partial charge is 0.377 e. The second-order valence-electron chi connectivity index (χ2n) is 6.98. The predicted molar refractivity (Wildman–Crippen MR) is 80.9 cm³/mol. The Bertz CT molecular complexity index is 312. The molecular weight excluding hydrogens is 250 g/mol. The van der Waals surface area contributed by atoms with Gasteiger partial charge in [0.25, 0.3) is 0 Å². The fourth-order valence-electron chi connectivity index (χ4n) is 4.23. The molecule has 3 aliphatic rings. The van der Waals surface area contributed by atoms with Crippen LogP contribution < -0.4 is 5.32 Å². The number of rotatable bonds is 7. The summed E-state index contributed by atoms with van der Waals surface area (Å²) in [5.41, 5.74) is 0.247. The van der Waals surface area contributed by atoms with Gasteiger partial charge < -0.3 is 14.8 Å². The van der Waals surface area contributed by atoms with Crippen molar-refractivity contribution in [2.45, 2.75) is 76.5 Å². The van der Waals surface area contributed by atoms with Crippen LogP contribution in [-0.4, -0.2) is 37.5 Å². The summed E-state index contributed by atoms with van der Waals surface area (Å²) in [6.07, 6.45) is 9.53. The summed E-state index contributed by atoms with van der Waals surface area (Å²) in [6.45, 7) is 7.20. The maximum atomic E-state index is 6.15. The molecule has 0 amide bonds. The number of likely N-dealkylation sites (N-methyl/N-ethyl adjacent to an activating group) is 1. The SMILES string of the molecule is CCNC(C1CCOC2(CCC2)C1)C(OCC)C1CC1. The quantitative estimate of drug-likeness (QED) is 0.777. The van der Waals surface area contributed by atoms with Crippen molar-refractivity contribution in [1.82, 2.24) is 5.32 Å². The molecule has 2 saturated carbocycles. The third-order valence-electron chi connectivity index (χ3n) is 5.54. The standard InChI is InChI=1S/C17H31NO2/c1-3-18-15(16(19-4-2)13-6-7-13)14-8-11-20-17(12-14)9-5-10-17/h13-16,18H,3-12H2,1-2H3. The second-order valence-corrected chi connectivity index (χ2v) is 6.98. The van der Waals surface area contributed by atoms with Gasteiger partial charge in [-0.2, -0.15) is 0 Å². The summed E-state index contributed by atoms with van der Waals surface area (Å²) in [4.78, 5) is 0. The van der Waals surface area contributed by atoms with E-state index in [0.717, 1.165) is 31.6 Å². The van der Waals surface area contributed by atoms with E-state index >= 15 is 0 Å². The van der Waals surface area contributed by atoms with Crippen LogP contribution in [0.25, 0.3) is 0 Å². The van der Waals surface area contributed by atoms with Crippen molar-refractivity contribution in [2.24, 2.45) is 11.8 Å². The van der Waals surface area contributed by atoms with E-state index in [0.29, 0.717) is 12.1 Å². The molecule has 0 aromatic rings. The van der Waals surface area contributed by atoms with Gasteiger partial charge in [0.2, 0.25) is 0 Å². The molecule has 0 radical (unpaired) electrons. The average molecular weight is 281 g/mol. The summed E-state index contributed by atoms with van der Waals surface area (Å²) in [6, 6.07) is 0.536. The van der Waals surface area contributed by atoms with Crippen molar-refractivity contribution < 1.29 is 9.47 Å². The van der Waals surface area contributed by atoms with Crippen molar-refractivity contribution in [1.29, 1.82) is 0 Å². The van der Waals surface area contributed by atoms with Gasteiger partial charge in [0, 0.05) is 19.3 Å². The van der Waals surface area contributed by atoms with Gasteiger partial charge in [-0.25, -0.2) is 0 Å². The van der Waals surface area contributed by atoms with Gasteiger partial charge in [0.15, 0.2) is 0 Å². The Labute approximate surface area is 123 Å². The van der Waals surface area contributed by atoms with E-state index < -0.39 is 0 Å². The van der Waals surface area contributed by atoms with Crippen LogP contribution in [0.2, 0.25) is 0 Å². The van der Waals surface area contributed by atoms with Gasteiger partial charge in [-0.05, 0) is 70.3 Å².